The summed E-state index contributed by atoms with van der Waals surface area (Å²) in [6, 6.07) is 5.70. The van der Waals surface area contributed by atoms with Crippen molar-refractivity contribution < 1.29 is 13.2 Å². The van der Waals surface area contributed by atoms with Gasteiger partial charge in [-0.15, -0.1) is 0 Å². The van der Waals surface area contributed by atoms with Crippen LogP contribution < -0.4 is 10.6 Å². The van der Waals surface area contributed by atoms with Crippen LogP contribution in [0, 0.1) is 0 Å². The van der Waals surface area contributed by atoms with Crippen molar-refractivity contribution in [1.29, 1.82) is 0 Å². The molecule has 1 saturated heterocycles. The maximum Gasteiger partial charge on any atom is 0.416 e. The first-order chi connectivity index (χ1) is 9.29. The second-order valence-electron chi connectivity index (χ2n) is 5.48. The summed E-state index contributed by atoms with van der Waals surface area (Å²) in [6.07, 6.45) is -3.53. The number of hydrogen-bond donors (Lipinski definition) is 1. The minimum Gasteiger partial charge on any atom is -0.370 e. The molecule has 1 heterocycles. The smallest absolute Gasteiger partial charge is 0.370 e. The number of hydrogen-bond acceptors (Lipinski definition) is 3. The predicted molar refractivity (Wildman–Crippen MR) is 73.7 cm³/mol. The molecule has 0 saturated carbocycles. The van der Waals surface area contributed by atoms with E-state index in [1.807, 2.05) is 23.9 Å². The van der Waals surface area contributed by atoms with Crippen molar-refractivity contribution in [3.8, 4) is 0 Å². The van der Waals surface area contributed by atoms with Crippen LogP contribution >= 0.6 is 0 Å². The number of halogens is 3. The summed E-state index contributed by atoms with van der Waals surface area (Å²) >= 11 is 0. The average Bonchev–Trinajstić information content (AvgIpc) is 2.38. The van der Waals surface area contributed by atoms with E-state index >= 15 is 0 Å². The average molecular weight is 287 g/mol. The number of nitrogens with zero attached hydrogens (tertiary/aromatic N) is 2. The van der Waals surface area contributed by atoms with Crippen LogP contribution in [0.25, 0.3) is 0 Å². The van der Waals surface area contributed by atoms with Gasteiger partial charge < -0.3 is 15.5 Å². The van der Waals surface area contributed by atoms with Crippen LogP contribution in [0.3, 0.4) is 0 Å². The Labute approximate surface area is 117 Å². The Bertz CT molecular complexity index is 459. The third-order valence-corrected chi connectivity index (χ3v) is 3.84. The van der Waals surface area contributed by atoms with Crippen LogP contribution in [0.5, 0.6) is 0 Å². The lowest BCUT2D eigenvalue weighted by atomic mass is 9.98. The molecule has 0 aliphatic carbocycles. The van der Waals surface area contributed by atoms with Crippen LogP contribution in [0.4, 0.5) is 18.9 Å². The quantitative estimate of drug-likeness (QED) is 0.905. The fraction of sp³-hybridized carbons (Fsp3) is 0.571. The first-order valence-corrected chi connectivity index (χ1v) is 6.63. The largest absolute Gasteiger partial charge is 0.416 e. The third kappa shape index (κ3) is 3.24. The van der Waals surface area contributed by atoms with Crippen molar-refractivity contribution >= 4 is 5.69 Å². The number of piperidine rings is 1. The molecule has 0 aromatic heterocycles. The maximum absolute atomic E-state index is 12.8. The first-order valence-electron chi connectivity index (χ1n) is 6.63. The van der Waals surface area contributed by atoms with Crippen molar-refractivity contribution in [1.82, 2.24) is 4.90 Å². The Kier molecular flexibility index (Phi) is 4.25. The molecular weight excluding hydrogens is 267 g/mol. The number of anilines is 1. The highest BCUT2D eigenvalue weighted by Gasteiger charge is 2.32. The number of likely N-dealkylation sites (N-methyl/N-ethyl adjacent to an activating group) is 1. The molecule has 20 heavy (non-hydrogen) atoms. The molecule has 1 fully saturated rings. The second-order valence-corrected chi connectivity index (χ2v) is 5.48. The van der Waals surface area contributed by atoms with Gasteiger partial charge in [-0.25, -0.2) is 0 Å². The van der Waals surface area contributed by atoms with Gasteiger partial charge in [-0.2, -0.15) is 13.2 Å². The minimum absolute atomic E-state index is 0.0621. The highest BCUT2D eigenvalue weighted by atomic mass is 19.4. The van der Waals surface area contributed by atoms with E-state index in [1.54, 1.807) is 6.07 Å². The molecule has 1 aromatic carbocycles. The van der Waals surface area contributed by atoms with Gasteiger partial charge in [0.25, 0.3) is 0 Å². The van der Waals surface area contributed by atoms with E-state index in [4.69, 9.17) is 5.73 Å². The molecule has 1 unspecified atom stereocenters. The summed E-state index contributed by atoms with van der Waals surface area (Å²) in [7, 11) is 3.89. The Morgan fingerprint density at radius 1 is 1.30 bits per heavy atom. The van der Waals surface area contributed by atoms with Crippen LogP contribution in [0.15, 0.2) is 24.3 Å². The van der Waals surface area contributed by atoms with Crippen LogP contribution in [-0.4, -0.2) is 44.2 Å². The van der Waals surface area contributed by atoms with Gasteiger partial charge in [-0.05, 0) is 38.7 Å². The molecule has 1 aliphatic rings. The summed E-state index contributed by atoms with van der Waals surface area (Å²) in [5, 5.41) is 0. The fourth-order valence-corrected chi connectivity index (χ4v) is 2.61. The van der Waals surface area contributed by atoms with Crippen molar-refractivity contribution in [2.75, 3.05) is 32.1 Å². The zero-order valence-electron chi connectivity index (χ0n) is 11.7. The van der Waals surface area contributed by atoms with Gasteiger partial charge in [0, 0.05) is 30.9 Å². The lowest BCUT2D eigenvalue weighted by Crippen LogP contribution is -2.56. The van der Waals surface area contributed by atoms with Crippen molar-refractivity contribution in [3.05, 3.63) is 29.8 Å². The van der Waals surface area contributed by atoms with Crippen molar-refractivity contribution in [2.24, 2.45) is 5.73 Å². The summed E-state index contributed by atoms with van der Waals surface area (Å²) in [6.45, 7) is 1.34. The molecule has 0 spiro atoms. The van der Waals surface area contributed by atoms with Crippen LogP contribution in [0.1, 0.15) is 12.0 Å². The molecule has 0 amide bonds. The van der Waals surface area contributed by atoms with E-state index in [0.717, 1.165) is 12.5 Å². The van der Waals surface area contributed by atoms with Gasteiger partial charge in [-0.3, -0.25) is 0 Å². The van der Waals surface area contributed by atoms with Gasteiger partial charge in [0.1, 0.15) is 0 Å². The highest BCUT2D eigenvalue weighted by molar-refractivity contribution is 5.50. The van der Waals surface area contributed by atoms with E-state index in [0.29, 0.717) is 18.8 Å². The van der Waals surface area contributed by atoms with Gasteiger partial charge in [0.15, 0.2) is 0 Å². The molecule has 1 aliphatic heterocycles. The van der Waals surface area contributed by atoms with Gasteiger partial charge in [0.2, 0.25) is 0 Å². The third-order valence-electron chi connectivity index (χ3n) is 3.84. The molecule has 112 valence electrons. The van der Waals surface area contributed by atoms with Crippen LogP contribution in [0.2, 0.25) is 0 Å². The zero-order valence-corrected chi connectivity index (χ0v) is 11.7. The molecule has 0 bridgehead atoms. The van der Waals surface area contributed by atoms with Gasteiger partial charge >= 0.3 is 6.18 Å². The molecule has 6 heteroatoms. The SMILES string of the molecule is CN(C)[C@H]1CN(c2cccc(C(F)(F)F)c2)CCC1N. The predicted octanol–water partition coefficient (Wildman–Crippen LogP) is 2.17. The van der Waals surface area contributed by atoms with Gasteiger partial charge in [0.05, 0.1) is 5.56 Å². The van der Waals surface area contributed by atoms with Crippen molar-refractivity contribution in [2.45, 2.75) is 24.7 Å². The zero-order chi connectivity index (χ0) is 14.9. The highest BCUT2D eigenvalue weighted by Crippen LogP contribution is 2.32. The first kappa shape index (κ1) is 15.1. The topological polar surface area (TPSA) is 32.5 Å². The van der Waals surface area contributed by atoms with E-state index < -0.39 is 11.7 Å². The molecular formula is C14H20F3N3. The lowest BCUT2D eigenvalue weighted by molar-refractivity contribution is -0.137. The fourth-order valence-electron chi connectivity index (χ4n) is 2.61. The molecule has 1 aromatic rings. The Morgan fingerprint density at radius 3 is 2.60 bits per heavy atom. The summed E-state index contributed by atoms with van der Waals surface area (Å²) in [4.78, 5) is 4.01. The molecule has 3 nitrogen and oxygen atoms in total. The number of benzene rings is 1. The lowest BCUT2D eigenvalue weighted by Gasteiger charge is -2.41. The van der Waals surface area contributed by atoms with Crippen LogP contribution in [-0.2, 0) is 6.18 Å². The normalized spacial score (nSPS) is 24.2. The molecule has 2 atom stereocenters. The van der Waals surface area contributed by atoms with Crippen molar-refractivity contribution in [3.63, 3.8) is 0 Å². The molecule has 0 radical (unpaired) electrons. The van der Waals surface area contributed by atoms with E-state index in [-0.39, 0.29) is 12.1 Å². The monoisotopic (exact) mass is 287 g/mol. The van der Waals surface area contributed by atoms with E-state index in [9.17, 15) is 13.2 Å². The van der Waals surface area contributed by atoms with Gasteiger partial charge in [-0.1, -0.05) is 6.07 Å². The van der Waals surface area contributed by atoms with E-state index in [1.165, 1.54) is 12.1 Å². The summed E-state index contributed by atoms with van der Waals surface area (Å²) in [5.74, 6) is 0. The van der Waals surface area contributed by atoms with E-state index in [2.05, 4.69) is 0 Å². The minimum atomic E-state index is -4.30. The number of nitrogens with two attached hydrogens (primary N) is 1. The summed E-state index contributed by atoms with van der Waals surface area (Å²) in [5.41, 5.74) is 6.08. The Morgan fingerprint density at radius 2 is 2.00 bits per heavy atom. The number of alkyl halides is 3. The Hall–Kier alpha value is -1.27. The standard InChI is InChI=1S/C14H20F3N3/c1-19(2)13-9-20(7-6-12(13)18)11-5-3-4-10(8-11)14(15,16)17/h3-5,8,12-13H,6-7,9,18H2,1-2H3/t12?,13-/m0/s1. The Balaban J connectivity index is 2.20. The maximum atomic E-state index is 12.8. The molecule has 2 rings (SSSR count). The molecule has 2 N–H and O–H groups in total. The second kappa shape index (κ2) is 5.61. The number of rotatable bonds is 2. The summed E-state index contributed by atoms with van der Waals surface area (Å²) < 4.78 is 38.3.